The van der Waals surface area contributed by atoms with Gasteiger partial charge >= 0.3 is 0 Å². The molecule has 3 heterocycles. The number of aryl methyl sites for hydroxylation is 1. The van der Waals surface area contributed by atoms with Crippen LogP contribution in [0.2, 0.25) is 0 Å². The van der Waals surface area contributed by atoms with Gasteiger partial charge in [0.15, 0.2) is 0 Å². The molecule has 1 fully saturated rings. The zero-order valence-corrected chi connectivity index (χ0v) is 11.3. The molecule has 1 saturated heterocycles. The molecule has 18 heavy (non-hydrogen) atoms. The van der Waals surface area contributed by atoms with Gasteiger partial charge in [0.25, 0.3) is 0 Å². The van der Waals surface area contributed by atoms with Crippen LogP contribution in [0.4, 0.5) is 5.82 Å². The lowest BCUT2D eigenvalue weighted by Gasteiger charge is -2.09. The molecule has 2 aromatic heterocycles. The molecule has 5 heteroatoms. The number of hydrogen-bond acceptors (Lipinski definition) is 5. The van der Waals surface area contributed by atoms with Crippen LogP contribution >= 0.6 is 11.3 Å². The molecular formula is C13H17N3OS. The molecule has 0 aliphatic carbocycles. The lowest BCUT2D eigenvalue weighted by Crippen LogP contribution is -2.10. The van der Waals surface area contributed by atoms with Crippen LogP contribution in [0.25, 0.3) is 10.2 Å². The van der Waals surface area contributed by atoms with Gasteiger partial charge in [0.1, 0.15) is 12.1 Å². The van der Waals surface area contributed by atoms with Gasteiger partial charge in [-0.15, -0.1) is 11.3 Å². The smallest absolute Gasteiger partial charge is 0.147 e. The van der Waals surface area contributed by atoms with Gasteiger partial charge in [-0.05, 0) is 36.6 Å². The summed E-state index contributed by atoms with van der Waals surface area (Å²) in [5.41, 5.74) is 2.30. The van der Waals surface area contributed by atoms with Crippen molar-refractivity contribution < 1.29 is 4.74 Å². The Morgan fingerprint density at radius 1 is 1.50 bits per heavy atom. The number of nitrogens with one attached hydrogen (secondary N) is 1. The van der Waals surface area contributed by atoms with Crippen molar-refractivity contribution in [3.8, 4) is 0 Å². The zero-order chi connectivity index (χ0) is 12.4. The Hall–Kier alpha value is -1.20. The van der Waals surface area contributed by atoms with Gasteiger partial charge in [0.2, 0.25) is 0 Å². The fraction of sp³-hybridized carbons (Fsp3) is 0.538. The number of rotatable bonds is 4. The topological polar surface area (TPSA) is 47.0 Å². The summed E-state index contributed by atoms with van der Waals surface area (Å²) in [5.74, 6) is 1.68. The highest BCUT2D eigenvalue weighted by Gasteiger charge is 2.15. The fourth-order valence-corrected chi connectivity index (χ4v) is 3.27. The Labute approximate surface area is 110 Å². The standard InChI is InChI=1S/C13H17N3OS/c1-9-7-18-12-11(9)15-8-16-13(12)14-4-2-10-3-5-17-6-10/h7-8,10H,2-6H2,1H3,(H,14,15,16). The molecule has 1 N–H and O–H groups in total. The van der Waals surface area contributed by atoms with Crippen LogP contribution in [0.5, 0.6) is 0 Å². The van der Waals surface area contributed by atoms with Crippen LogP contribution in [0, 0.1) is 12.8 Å². The van der Waals surface area contributed by atoms with Gasteiger partial charge in [0.05, 0.1) is 10.2 Å². The van der Waals surface area contributed by atoms with E-state index >= 15 is 0 Å². The van der Waals surface area contributed by atoms with Crippen molar-refractivity contribution >= 4 is 27.4 Å². The molecule has 0 aromatic carbocycles. The molecule has 1 aliphatic heterocycles. The predicted octanol–water partition coefficient (Wildman–Crippen LogP) is 2.84. The Bertz CT molecular complexity index is 534. The molecule has 3 rings (SSSR count). The zero-order valence-electron chi connectivity index (χ0n) is 10.5. The first-order chi connectivity index (χ1) is 8.84. The Balaban J connectivity index is 1.66. The molecule has 0 radical (unpaired) electrons. The third-order valence-electron chi connectivity index (χ3n) is 3.40. The highest BCUT2D eigenvalue weighted by molar-refractivity contribution is 7.18. The maximum Gasteiger partial charge on any atom is 0.147 e. The number of fused-ring (bicyclic) bond motifs is 1. The Kier molecular flexibility index (Phi) is 3.43. The summed E-state index contributed by atoms with van der Waals surface area (Å²) in [4.78, 5) is 8.67. The minimum absolute atomic E-state index is 0.708. The van der Waals surface area contributed by atoms with Crippen LogP contribution in [0.15, 0.2) is 11.7 Å². The van der Waals surface area contributed by atoms with Crippen molar-refractivity contribution in [1.29, 1.82) is 0 Å². The average molecular weight is 263 g/mol. The van der Waals surface area contributed by atoms with E-state index in [1.807, 2.05) is 0 Å². The number of anilines is 1. The van der Waals surface area contributed by atoms with Gasteiger partial charge in [-0.1, -0.05) is 0 Å². The first-order valence-electron chi connectivity index (χ1n) is 6.35. The van der Waals surface area contributed by atoms with Crippen LogP contribution < -0.4 is 5.32 Å². The van der Waals surface area contributed by atoms with Crippen molar-refractivity contribution in [1.82, 2.24) is 9.97 Å². The lowest BCUT2D eigenvalue weighted by molar-refractivity contribution is 0.185. The van der Waals surface area contributed by atoms with E-state index in [1.54, 1.807) is 17.7 Å². The van der Waals surface area contributed by atoms with Crippen LogP contribution in [-0.2, 0) is 4.74 Å². The maximum atomic E-state index is 5.38. The van der Waals surface area contributed by atoms with E-state index in [9.17, 15) is 0 Å². The van der Waals surface area contributed by atoms with Crippen molar-refractivity contribution in [2.75, 3.05) is 25.1 Å². The predicted molar refractivity (Wildman–Crippen MR) is 74.2 cm³/mol. The largest absolute Gasteiger partial charge is 0.381 e. The molecule has 1 unspecified atom stereocenters. The number of thiophene rings is 1. The Morgan fingerprint density at radius 2 is 2.44 bits per heavy atom. The maximum absolute atomic E-state index is 5.38. The number of aromatic nitrogens is 2. The molecule has 0 saturated carbocycles. The summed E-state index contributed by atoms with van der Waals surface area (Å²) in [6, 6.07) is 0. The molecule has 1 aliphatic rings. The Morgan fingerprint density at radius 3 is 3.28 bits per heavy atom. The van der Waals surface area contributed by atoms with E-state index in [1.165, 1.54) is 12.0 Å². The van der Waals surface area contributed by atoms with Gasteiger partial charge in [-0.25, -0.2) is 9.97 Å². The molecule has 0 spiro atoms. The lowest BCUT2D eigenvalue weighted by atomic mass is 10.1. The van der Waals surface area contributed by atoms with Crippen molar-refractivity contribution in [2.24, 2.45) is 5.92 Å². The molecule has 0 amide bonds. The van der Waals surface area contributed by atoms with Gasteiger partial charge in [-0.2, -0.15) is 0 Å². The van der Waals surface area contributed by atoms with Gasteiger partial charge < -0.3 is 10.1 Å². The van der Waals surface area contributed by atoms with Crippen molar-refractivity contribution in [3.63, 3.8) is 0 Å². The number of ether oxygens (including phenoxy) is 1. The van der Waals surface area contributed by atoms with E-state index in [0.29, 0.717) is 5.92 Å². The van der Waals surface area contributed by atoms with E-state index in [-0.39, 0.29) is 0 Å². The van der Waals surface area contributed by atoms with Crippen LogP contribution in [0.1, 0.15) is 18.4 Å². The quantitative estimate of drug-likeness (QED) is 0.921. The monoisotopic (exact) mass is 263 g/mol. The normalized spacial score (nSPS) is 19.5. The fourth-order valence-electron chi connectivity index (χ4n) is 2.30. The highest BCUT2D eigenvalue weighted by atomic mass is 32.1. The third-order valence-corrected chi connectivity index (χ3v) is 4.49. The summed E-state index contributed by atoms with van der Waals surface area (Å²) in [6.07, 6.45) is 3.98. The molecule has 0 bridgehead atoms. The molecule has 1 atom stereocenters. The van der Waals surface area contributed by atoms with Crippen LogP contribution in [0.3, 0.4) is 0 Å². The first-order valence-corrected chi connectivity index (χ1v) is 7.23. The van der Waals surface area contributed by atoms with Crippen molar-refractivity contribution in [2.45, 2.75) is 19.8 Å². The summed E-state index contributed by atoms with van der Waals surface area (Å²) in [7, 11) is 0. The van der Waals surface area contributed by atoms with Gasteiger partial charge in [0, 0.05) is 19.8 Å². The van der Waals surface area contributed by atoms with Crippen LogP contribution in [-0.4, -0.2) is 29.7 Å². The second-order valence-corrected chi connectivity index (χ2v) is 5.64. The van der Waals surface area contributed by atoms with E-state index in [0.717, 1.165) is 42.2 Å². The minimum Gasteiger partial charge on any atom is -0.381 e. The third kappa shape index (κ3) is 2.33. The highest BCUT2D eigenvalue weighted by Crippen LogP contribution is 2.28. The SMILES string of the molecule is Cc1csc2c(NCCC3CCOC3)ncnc12. The summed E-state index contributed by atoms with van der Waals surface area (Å²) < 4.78 is 6.55. The molecule has 4 nitrogen and oxygen atoms in total. The number of nitrogens with zero attached hydrogens (tertiary/aromatic N) is 2. The second-order valence-electron chi connectivity index (χ2n) is 4.76. The molecule has 2 aromatic rings. The minimum atomic E-state index is 0.708. The van der Waals surface area contributed by atoms with E-state index in [4.69, 9.17) is 4.74 Å². The summed E-state index contributed by atoms with van der Waals surface area (Å²) in [6.45, 7) is 4.88. The molecular weight excluding hydrogens is 246 g/mol. The summed E-state index contributed by atoms with van der Waals surface area (Å²) >= 11 is 1.71. The molecule has 96 valence electrons. The first kappa shape index (κ1) is 11.9. The van der Waals surface area contributed by atoms with Gasteiger partial charge in [-0.3, -0.25) is 0 Å². The van der Waals surface area contributed by atoms with E-state index < -0.39 is 0 Å². The average Bonchev–Trinajstić information content (AvgIpc) is 3.01. The second kappa shape index (κ2) is 5.20. The summed E-state index contributed by atoms with van der Waals surface area (Å²) in [5, 5.41) is 5.57. The van der Waals surface area contributed by atoms with Crippen molar-refractivity contribution in [3.05, 3.63) is 17.3 Å². The number of hydrogen-bond donors (Lipinski definition) is 1. The van der Waals surface area contributed by atoms with E-state index in [2.05, 4.69) is 27.6 Å².